The number of aliphatic carboxylic acids is 1. The Hall–Kier alpha value is -1.14. The second kappa shape index (κ2) is 5.09. The van der Waals surface area contributed by atoms with Crippen LogP contribution < -0.4 is 5.32 Å². The van der Waals surface area contributed by atoms with Crippen molar-refractivity contribution in [3.8, 4) is 0 Å². The van der Waals surface area contributed by atoms with Crippen LogP contribution in [0.4, 0.5) is 0 Å². The third-order valence-electron chi connectivity index (χ3n) is 2.42. The zero-order valence-electron chi connectivity index (χ0n) is 9.06. The minimum absolute atomic E-state index is 0.0524. The highest BCUT2D eigenvalue weighted by Crippen LogP contribution is 2.05. The van der Waals surface area contributed by atoms with Crippen LogP contribution in [0.15, 0.2) is 0 Å². The second-order valence-corrected chi connectivity index (χ2v) is 3.82. The molecule has 0 aromatic carbocycles. The van der Waals surface area contributed by atoms with Gasteiger partial charge in [0.1, 0.15) is 6.04 Å². The molecule has 1 atom stereocenters. The molecule has 1 heterocycles. The number of likely N-dealkylation sites (N-methyl/N-ethyl adjacent to an activating group) is 1. The van der Waals surface area contributed by atoms with Gasteiger partial charge in [-0.15, -0.1) is 0 Å². The lowest BCUT2D eigenvalue weighted by atomic mass is 10.1. The lowest BCUT2D eigenvalue weighted by Gasteiger charge is -2.35. The first-order valence-corrected chi connectivity index (χ1v) is 4.90. The summed E-state index contributed by atoms with van der Waals surface area (Å²) < 4.78 is 0. The number of carbonyl (C=O) groups excluding carboxylic acids is 1. The SMILES string of the molecule is CN(C)C(=O)C1CNCCN1CC(=O)O. The Morgan fingerprint density at radius 2 is 2.20 bits per heavy atom. The standard InChI is InChI=1S/C9H17N3O3/c1-11(2)9(15)7-5-10-3-4-12(7)6-8(13)14/h7,10H,3-6H2,1-2H3,(H,13,14). The molecular weight excluding hydrogens is 198 g/mol. The summed E-state index contributed by atoms with van der Waals surface area (Å²) in [5.41, 5.74) is 0. The first-order chi connectivity index (χ1) is 7.02. The van der Waals surface area contributed by atoms with Crippen LogP contribution in [0.25, 0.3) is 0 Å². The van der Waals surface area contributed by atoms with Crippen LogP contribution in [-0.2, 0) is 9.59 Å². The first kappa shape index (κ1) is 11.9. The first-order valence-electron chi connectivity index (χ1n) is 4.90. The zero-order chi connectivity index (χ0) is 11.4. The van der Waals surface area contributed by atoms with Gasteiger partial charge in [-0.25, -0.2) is 0 Å². The van der Waals surface area contributed by atoms with Gasteiger partial charge in [0.2, 0.25) is 5.91 Å². The smallest absolute Gasteiger partial charge is 0.317 e. The van der Waals surface area contributed by atoms with Crippen LogP contribution in [0.2, 0.25) is 0 Å². The predicted octanol–water partition coefficient (Wildman–Crippen LogP) is -1.57. The summed E-state index contributed by atoms with van der Waals surface area (Å²) in [5, 5.41) is 11.8. The largest absolute Gasteiger partial charge is 0.480 e. The van der Waals surface area contributed by atoms with E-state index in [1.54, 1.807) is 19.0 Å². The maximum Gasteiger partial charge on any atom is 0.317 e. The number of carboxylic acids is 1. The fraction of sp³-hybridized carbons (Fsp3) is 0.778. The minimum atomic E-state index is -0.895. The number of nitrogens with zero attached hydrogens (tertiary/aromatic N) is 2. The molecular formula is C9H17N3O3. The molecule has 0 bridgehead atoms. The number of piperazine rings is 1. The fourth-order valence-electron chi connectivity index (χ4n) is 1.65. The molecule has 15 heavy (non-hydrogen) atoms. The molecule has 0 spiro atoms. The van der Waals surface area contributed by atoms with Crippen molar-refractivity contribution in [3.63, 3.8) is 0 Å². The average Bonchev–Trinajstić information content (AvgIpc) is 2.16. The average molecular weight is 215 g/mol. The van der Waals surface area contributed by atoms with Crippen LogP contribution in [0.3, 0.4) is 0 Å². The Kier molecular flexibility index (Phi) is 4.05. The molecule has 2 N–H and O–H groups in total. The molecule has 1 saturated heterocycles. The van der Waals surface area contributed by atoms with Gasteiger partial charge in [0.15, 0.2) is 0 Å². The summed E-state index contributed by atoms with van der Waals surface area (Å²) in [7, 11) is 3.35. The van der Waals surface area contributed by atoms with E-state index in [9.17, 15) is 9.59 Å². The Bertz CT molecular complexity index is 255. The second-order valence-electron chi connectivity index (χ2n) is 3.82. The van der Waals surface area contributed by atoms with E-state index in [1.165, 1.54) is 4.90 Å². The van der Waals surface area contributed by atoms with Crippen LogP contribution >= 0.6 is 0 Å². The molecule has 0 aromatic rings. The number of carboxylic acid groups (broad SMARTS) is 1. The third kappa shape index (κ3) is 3.17. The predicted molar refractivity (Wildman–Crippen MR) is 54.6 cm³/mol. The van der Waals surface area contributed by atoms with E-state index in [4.69, 9.17) is 5.11 Å². The minimum Gasteiger partial charge on any atom is -0.480 e. The highest BCUT2D eigenvalue weighted by atomic mass is 16.4. The summed E-state index contributed by atoms with van der Waals surface area (Å²) in [6.45, 7) is 1.76. The third-order valence-corrected chi connectivity index (χ3v) is 2.42. The van der Waals surface area contributed by atoms with Crippen LogP contribution in [0.5, 0.6) is 0 Å². The molecule has 1 rings (SSSR count). The van der Waals surface area contributed by atoms with Crippen LogP contribution in [0, 0.1) is 0 Å². The summed E-state index contributed by atoms with van der Waals surface area (Å²) >= 11 is 0. The molecule has 0 aromatic heterocycles. The van der Waals surface area contributed by atoms with Crippen molar-refractivity contribution >= 4 is 11.9 Å². The van der Waals surface area contributed by atoms with Gasteiger partial charge in [-0.05, 0) is 0 Å². The van der Waals surface area contributed by atoms with E-state index in [0.29, 0.717) is 13.1 Å². The number of hydrogen-bond donors (Lipinski definition) is 2. The van der Waals surface area contributed by atoms with E-state index >= 15 is 0 Å². The number of hydrogen-bond acceptors (Lipinski definition) is 4. The maximum absolute atomic E-state index is 11.7. The van der Waals surface area contributed by atoms with Crippen molar-refractivity contribution < 1.29 is 14.7 Å². The topological polar surface area (TPSA) is 72.9 Å². The normalized spacial score (nSPS) is 22.4. The molecule has 1 fully saturated rings. The van der Waals surface area contributed by atoms with Gasteiger partial charge in [0.25, 0.3) is 0 Å². The van der Waals surface area contributed by atoms with Gasteiger partial charge in [-0.2, -0.15) is 0 Å². The Morgan fingerprint density at radius 3 is 2.73 bits per heavy atom. The molecule has 0 radical (unpaired) electrons. The van der Waals surface area contributed by atoms with Crippen LogP contribution in [-0.4, -0.2) is 73.1 Å². The number of rotatable bonds is 3. The molecule has 86 valence electrons. The molecule has 0 aliphatic carbocycles. The van der Waals surface area contributed by atoms with Gasteiger partial charge in [0, 0.05) is 33.7 Å². The lowest BCUT2D eigenvalue weighted by molar-refractivity contribution is -0.142. The van der Waals surface area contributed by atoms with Gasteiger partial charge >= 0.3 is 5.97 Å². The number of amides is 1. The van der Waals surface area contributed by atoms with E-state index < -0.39 is 5.97 Å². The monoisotopic (exact) mass is 215 g/mol. The number of carbonyl (C=O) groups is 2. The molecule has 1 unspecified atom stereocenters. The molecule has 6 heteroatoms. The van der Waals surface area contributed by atoms with Crippen molar-refractivity contribution in [1.82, 2.24) is 15.1 Å². The summed E-state index contributed by atoms with van der Waals surface area (Å²) in [6.07, 6.45) is 0. The Balaban J connectivity index is 2.65. The summed E-state index contributed by atoms with van der Waals surface area (Å²) in [6, 6.07) is -0.357. The molecule has 1 amide bonds. The van der Waals surface area contributed by atoms with E-state index in [0.717, 1.165) is 6.54 Å². The Labute approximate surface area is 88.8 Å². The van der Waals surface area contributed by atoms with Crippen molar-refractivity contribution in [3.05, 3.63) is 0 Å². The van der Waals surface area contributed by atoms with Crippen molar-refractivity contribution in [2.75, 3.05) is 40.3 Å². The maximum atomic E-state index is 11.7. The fourth-order valence-corrected chi connectivity index (χ4v) is 1.65. The van der Waals surface area contributed by atoms with Gasteiger partial charge in [-0.3, -0.25) is 14.5 Å². The number of nitrogens with one attached hydrogen (secondary N) is 1. The molecule has 0 saturated carbocycles. The van der Waals surface area contributed by atoms with Crippen molar-refractivity contribution in [1.29, 1.82) is 0 Å². The highest BCUT2D eigenvalue weighted by molar-refractivity contribution is 5.82. The zero-order valence-corrected chi connectivity index (χ0v) is 9.06. The molecule has 6 nitrogen and oxygen atoms in total. The van der Waals surface area contributed by atoms with Gasteiger partial charge < -0.3 is 15.3 Å². The summed E-state index contributed by atoms with van der Waals surface area (Å²) in [4.78, 5) is 25.5. The van der Waals surface area contributed by atoms with Crippen molar-refractivity contribution in [2.45, 2.75) is 6.04 Å². The lowest BCUT2D eigenvalue weighted by Crippen LogP contribution is -2.58. The molecule has 1 aliphatic heterocycles. The Morgan fingerprint density at radius 1 is 1.53 bits per heavy atom. The van der Waals surface area contributed by atoms with Gasteiger partial charge in [0.05, 0.1) is 6.54 Å². The summed E-state index contributed by atoms with van der Waals surface area (Å²) in [5.74, 6) is -0.947. The highest BCUT2D eigenvalue weighted by Gasteiger charge is 2.30. The van der Waals surface area contributed by atoms with E-state index in [-0.39, 0.29) is 18.5 Å². The van der Waals surface area contributed by atoms with E-state index in [1.807, 2.05) is 0 Å². The quantitative estimate of drug-likeness (QED) is 0.595. The van der Waals surface area contributed by atoms with E-state index in [2.05, 4.69) is 5.32 Å². The molecule has 1 aliphatic rings. The van der Waals surface area contributed by atoms with Gasteiger partial charge in [-0.1, -0.05) is 0 Å². The van der Waals surface area contributed by atoms with Crippen LogP contribution in [0.1, 0.15) is 0 Å². The van der Waals surface area contributed by atoms with Crippen molar-refractivity contribution in [2.24, 2.45) is 0 Å².